The molecule has 0 atom stereocenters. The van der Waals surface area contributed by atoms with Gasteiger partial charge in [-0.2, -0.15) is 0 Å². The first-order valence-corrected chi connectivity index (χ1v) is 7.87. The molecular formula is C11H25O5P. The first-order valence-electron chi connectivity index (χ1n) is 6.34. The third-order valence-electron chi connectivity index (χ3n) is 2.38. The number of hydrogen-bond donors (Lipinski definition) is 2. The van der Waals surface area contributed by atoms with E-state index >= 15 is 0 Å². The Kier molecular flexibility index (Phi) is 11.2. The Morgan fingerprint density at radius 2 is 1.47 bits per heavy atom. The lowest BCUT2D eigenvalue weighted by molar-refractivity contribution is 0.0831. The van der Waals surface area contributed by atoms with Crippen molar-refractivity contribution in [1.82, 2.24) is 0 Å². The smallest absolute Gasteiger partial charge is 0.379 e. The zero-order valence-electron chi connectivity index (χ0n) is 10.6. The van der Waals surface area contributed by atoms with Gasteiger partial charge in [-0.3, -0.25) is 4.52 Å². The minimum absolute atomic E-state index is 0.0548. The fourth-order valence-corrected chi connectivity index (χ4v) is 1.79. The molecule has 17 heavy (non-hydrogen) atoms. The molecular weight excluding hydrogens is 243 g/mol. The van der Waals surface area contributed by atoms with Crippen molar-refractivity contribution in [3.8, 4) is 0 Å². The fourth-order valence-electron chi connectivity index (χ4n) is 1.48. The third kappa shape index (κ3) is 16.1. The molecule has 0 rings (SSSR count). The molecule has 0 fully saturated rings. The van der Waals surface area contributed by atoms with Gasteiger partial charge in [0.05, 0.1) is 13.2 Å². The molecule has 0 spiro atoms. The fraction of sp³-hybridized carbons (Fsp3) is 1.00. The number of hydrogen-bond acceptors (Lipinski definition) is 3. The summed E-state index contributed by atoms with van der Waals surface area (Å²) in [5.41, 5.74) is 0. The lowest BCUT2D eigenvalue weighted by Crippen LogP contribution is -2.04. The molecule has 2 N–H and O–H groups in total. The van der Waals surface area contributed by atoms with Crippen LogP contribution in [0.4, 0.5) is 0 Å². The zero-order valence-corrected chi connectivity index (χ0v) is 11.5. The molecule has 0 saturated carbocycles. The van der Waals surface area contributed by atoms with Gasteiger partial charge < -0.3 is 14.5 Å². The molecule has 0 saturated heterocycles. The first kappa shape index (κ1) is 17.1. The second kappa shape index (κ2) is 11.2. The highest BCUT2D eigenvalue weighted by atomic mass is 31.2. The van der Waals surface area contributed by atoms with E-state index in [0.29, 0.717) is 6.61 Å². The molecule has 0 heterocycles. The second-order valence-electron chi connectivity index (χ2n) is 4.06. The summed E-state index contributed by atoms with van der Waals surface area (Å²) in [5, 5.41) is 0. The van der Waals surface area contributed by atoms with Crippen molar-refractivity contribution < 1.29 is 23.6 Å². The van der Waals surface area contributed by atoms with Gasteiger partial charge in [-0.25, -0.2) is 4.57 Å². The molecule has 0 aromatic rings. The van der Waals surface area contributed by atoms with E-state index in [9.17, 15) is 4.57 Å². The predicted molar refractivity (Wildman–Crippen MR) is 66.8 cm³/mol. The van der Waals surface area contributed by atoms with Crippen molar-refractivity contribution >= 4 is 7.82 Å². The molecule has 0 amide bonds. The van der Waals surface area contributed by atoms with Gasteiger partial charge in [-0.05, 0) is 6.42 Å². The van der Waals surface area contributed by atoms with Crippen LogP contribution in [0, 0.1) is 0 Å². The highest BCUT2D eigenvalue weighted by molar-refractivity contribution is 7.46. The summed E-state index contributed by atoms with van der Waals surface area (Å²) in [4.78, 5) is 16.8. The van der Waals surface area contributed by atoms with Crippen LogP contribution in [0.2, 0.25) is 0 Å². The number of phosphoric acid groups is 1. The van der Waals surface area contributed by atoms with Crippen molar-refractivity contribution in [1.29, 1.82) is 0 Å². The van der Waals surface area contributed by atoms with E-state index in [2.05, 4.69) is 11.4 Å². The Labute approximate surface area is 104 Å². The third-order valence-corrected chi connectivity index (χ3v) is 2.90. The summed E-state index contributed by atoms with van der Waals surface area (Å²) < 4.78 is 19.7. The van der Waals surface area contributed by atoms with E-state index in [1.165, 1.54) is 32.1 Å². The first-order chi connectivity index (χ1) is 8.06. The summed E-state index contributed by atoms with van der Waals surface area (Å²) in [5.74, 6) is 0. The van der Waals surface area contributed by atoms with Crippen molar-refractivity contribution in [3.63, 3.8) is 0 Å². The quantitative estimate of drug-likeness (QED) is 0.420. The lowest BCUT2D eigenvalue weighted by Gasteiger charge is -2.06. The van der Waals surface area contributed by atoms with Crippen molar-refractivity contribution in [2.45, 2.75) is 51.9 Å². The van der Waals surface area contributed by atoms with Gasteiger partial charge >= 0.3 is 7.82 Å². The van der Waals surface area contributed by atoms with E-state index in [4.69, 9.17) is 14.5 Å². The van der Waals surface area contributed by atoms with Crippen LogP contribution < -0.4 is 0 Å². The Morgan fingerprint density at radius 1 is 0.882 bits per heavy atom. The highest BCUT2D eigenvalue weighted by Crippen LogP contribution is 2.35. The van der Waals surface area contributed by atoms with Crippen LogP contribution in [0.15, 0.2) is 0 Å². The van der Waals surface area contributed by atoms with E-state index in [0.717, 1.165) is 12.8 Å². The molecule has 104 valence electrons. The maximum Gasteiger partial charge on any atom is 0.469 e. The normalized spacial score (nSPS) is 11.9. The Morgan fingerprint density at radius 3 is 2.06 bits per heavy atom. The summed E-state index contributed by atoms with van der Waals surface area (Å²) in [6.45, 7) is 3.02. The van der Waals surface area contributed by atoms with Crippen LogP contribution in [0.25, 0.3) is 0 Å². The van der Waals surface area contributed by atoms with Gasteiger partial charge in [0.1, 0.15) is 0 Å². The monoisotopic (exact) mass is 268 g/mol. The molecule has 0 aliphatic rings. The molecule has 5 nitrogen and oxygen atoms in total. The topological polar surface area (TPSA) is 76.0 Å². The van der Waals surface area contributed by atoms with Crippen molar-refractivity contribution in [2.75, 3.05) is 19.8 Å². The van der Waals surface area contributed by atoms with Gasteiger partial charge in [0, 0.05) is 6.61 Å². The Hall–Kier alpha value is 0.0700. The predicted octanol–water partition coefficient (Wildman–Crippen LogP) is 2.86. The Balaban J connectivity index is 3.01. The average molecular weight is 268 g/mol. The van der Waals surface area contributed by atoms with Crippen LogP contribution in [0.3, 0.4) is 0 Å². The van der Waals surface area contributed by atoms with Gasteiger partial charge in [0.2, 0.25) is 0 Å². The minimum atomic E-state index is -4.32. The SMILES string of the molecule is CCCCCCCCCOCCOP(=O)(O)O. The van der Waals surface area contributed by atoms with Crippen LogP contribution >= 0.6 is 7.82 Å². The maximum absolute atomic E-state index is 10.3. The van der Waals surface area contributed by atoms with Gasteiger partial charge in [-0.15, -0.1) is 0 Å². The average Bonchev–Trinajstić information content (AvgIpc) is 2.24. The van der Waals surface area contributed by atoms with Gasteiger partial charge in [-0.1, -0.05) is 45.4 Å². The standard InChI is InChI=1S/C11H25O5P/c1-2-3-4-5-6-7-8-9-15-10-11-16-17(12,13)14/h2-11H2,1H3,(H2,12,13,14). The molecule has 0 unspecified atom stereocenters. The molecule has 0 aromatic heterocycles. The zero-order chi connectivity index (χ0) is 13.0. The number of phosphoric ester groups is 1. The Bertz CT molecular complexity index is 204. The van der Waals surface area contributed by atoms with Crippen molar-refractivity contribution in [3.05, 3.63) is 0 Å². The van der Waals surface area contributed by atoms with Gasteiger partial charge in [0.15, 0.2) is 0 Å². The summed E-state index contributed by atoms with van der Waals surface area (Å²) in [7, 11) is -4.32. The van der Waals surface area contributed by atoms with Crippen LogP contribution in [0.1, 0.15) is 51.9 Å². The molecule has 0 aromatic carbocycles. The number of unbranched alkanes of at least 4 members (excludes halogenated alkanes) is 6. The second-order valence-corrected chi connectivity index (χ2v) is 5.30. The highest BCUT2D eigenvalue weighted by Gasteiger charge is 2.12. The summed E-state index contributed by atoms with van der Waals surface area (Å²) in [6, 6.07) is 0. The summed E-state index contributed by atoms with van der Waals surface area (Å²) in [6.07, 6.45) is 8.58. The van der Waals surface area contributed by atoms with Gasteiger partial charge in [0.25, 0.3) is 0 Å². The molecule has 6 heteroatoms. The number of rotatable bonds is 12. The molecule has 0 radical (unpaired) electrons. The minimum Gasteiger partial charge on any atom is -0.379 e. The largest absolute Gasteiger partial charge is 0.469 e. The van der Waals surface area contributed by atoms with Crippen molar-refractivity contribution in [2.24, 2.45) is 0 Å². The van der Waals surface area contributed by atoms with E-state index in [1.807, 2.05) is 0 Å². The molecule has 0 aliphatic carbocycles. The van der Waals surface area contributed by atoms with E-state index in [1.54, 1.807) is 0 Å². The summed E-state index contributed by atoms with van der Waals surface area (Å²) >= 11 is 0. The van der Waals surface area contributed by atoms with E-state index in [-0.39, 0.29) is 13.2 Å². The van der Waals surface area contributed by atoms with Crippen LogP contribution in [-0.2, 0) is 13.8 Å². The maximum atomic E-state index is 10.3. The van der Waals surface area contributed by atoms with Crippen LogP contribution in [-0.4, -0.2) is 29.6 Å². The van der Waals surface area contributed by atoms with Crippen LogP contribution in [0.5, 0.6) is 0 Å². The number of ether oxygens (including phenoxy) is 1. The molecule has 0 aliphatic heterocycles. The van der Waals surface area contributed by atoms with E-state index < -0.39 is 7.82 Å². The lowest BCUT2D eigenvalue weighted by atomic mass is 10.1. The molecule has 0 bridgehead atoms.